The van der Waals surface area contributed by atoms with Gasteiger partial charge in [-0.2, -0.15) is 0 Å². The van der Waals surface area contributed by atoms with Crippen LogP contribution in [0.5, 0.6) is 0 Å². The van der Waals surface area contributed by atoms with Crippen LogP contribution in [-0.2, 0) is 0 Å². The lowest BCUT2D eigenvalue weighted by atomic mass is 10.0. The van der Waals surface area contributed by atoms with E-state index >= 15 is 0 Å². The van der Waals surface area contributed by atoms with Crippen LogP contribution in [0.2, 0.25) is 0 Å². The second-order valence-corrected chi connectivity index (χ2v) is 5.16. The summed E-state index contributed by atoms with van der Waals surface area (Å²) >= 11 is 6.26. The van der Waals surface area contributed by atoms with Gasteiger partial charge in [-0.25, -0.2) is 0 Å². The van der Waals surface area contributed by atoms with Crippen molar-refractivity contribution in [3.63, 3.8) is 0 Å². The Morgan fingerprint density at radius 1 is 1.41 bits per heavy atom. The van der Waals surface area contributed by atoms with E-state index in [1.165, 1.54) is 12.1 Å². The van der Waals surface area contributed by atoms with Crippen molar-refractivity contribution in [1.82, 2.24) is 0 Å². The number of nitro benzene ring substituents is 1. The first-order valence-corrected chi connectivity index (χ1v) is 6.74. The molecule has 17 heavy (non-hydrogen) atoms. The van der Waals surface area contributed by atoms with Crippen molar-refractivity contribution in [1.29, 1.82) is 0 Å². The Hall–Kier alpha value is -0.500. The summed E-state index contributed by atoms with van der Waals surface area (Å²) < 4.78 is 0.551. The van der Waals surface area contributed by atoms with Gasteiger partial charge in [0, 0.05) is 15.9 Å². The smallest absolute Gasteiger partial charge is 0.276 e. The quantitative estimate of drug-likeness (QED) is 0.475. The van der Waals surface area contributed by atoms with Crippen LogP contribution >= 0.6 is 31.9 Å². The molecular formula is C10H11Br2NO4. The summed E-state index contributed by atoms with van der Waals surface area (Å²) in [5.41, 5.74) is -0.0906. The number of nitro groups is 1. The van der Waals surface area contributed by atoms with E-state index in [1.54, 1.807) is 6.07 Å². The minimum atomic E-state index is -1.26. The maximum absolute atomic E-state index is 10.8. The summed E-state index contributed by atoms with van der Waals surface area (Å²) in [5.74, 6) is 0. The van der Waals surface area contributed by atoms with E-state index < -0.39 is 17.1 Å². The Balaban J connectivity index is 3.08. The topological polar surface area (TPSA) is 83.6 Å². The van der Waals surface area contributed by atoms with Gasteiger partial charge in [0.1, 0.15) is 6.10 Å². The van der Waals surface area contributed by atoms with Gasteiger partial charge < -0.3 is 10.2 Å². The second-order valence-electron chi connectivity index (χ2n) is 3.45. The molecule has 0 saturated heterocycles. The van der Waals surface area contributed by atoms with Crippen LogP contribution in [0.3, 0.4) is 0 Å². The first-order valence-electron chi connectivity index (χ1n) is 4.83. The molecule has 0 bridgehead atoms. The molecule has 2 unspecified atom stereocenters. The number of halogens is 2. The number of hydrogen-bond donors (Lipinski definition) is 2. The van der Waals surface area contributed by atoms with Crippen molar-refractivity contribution in [3.05, 3.63) is 38.3 Å². The van der Waals surface area contributed by atoms with Gasteiger partial charge in [0.15, 0.2) is 0 Å². The summed E-state index contributed by atoms with van der Waals surface area (Å²) in [6, 6.07) is 4.33. The molecule has 0 spiro atoms. The van der Waals surface area contributed by atoms with E-state index in [1.807, 2.05) is 0 Å². The summed E-state index contributed by atoms with van der Waals surface area (Å²) in [5, 5.41) is 30.8. The minimum Gasteiger partial charge on any atom is -0.390 e. The molecule has 0 aliphatic rings. The molecule has 1 aromatic carbocycles. The molecule has 2 atom stereocenters. The minimum absolute atomic E-state index is 0.117. The highest BCUT2D eigenvalue weighted by Crippen LogP contribution is 2.30. The van der Waals surface area contributed by atoms with Crippen LogP contribution < -0.4 is 0 Å². The summed E-state index contributed by atoms with van der Waals surface area (Å²) in [4.78, 5) is 10.3. The fourth-order valence-corrected chi connectivity index (χ4v) is 2.22. The number of hydrogen-bond acceptors (Lipinski definition) is 4. The molecule has 5 nitrogen and oxygen atoms in total. The predicted octanol–water partition coefficient (Wildman–Crippen LogP) is 2.54. The SMILES string of the molecule is O=[N+]([O-])c1cc(Br)ccc1C(O)C(O)CCBr. The third-order valence-corrected chi connectivity index (χ3v) is 3.23. The van der Waals surface area contributed by atoms with Gasteiger partial charge in [0.2, 0.25) is 0 Å². The van der Waals surface area contributed by atoms with Crippen LogP contribution in [0.15, 0.2) is 22.7 Å². The zero-order valence-corrected chi connectivity index (χ0v) is 11.9. The molecule has 0 radical (unpaired) electrons. The largest absolute Gasteiger partial charge is 0.390 e. The molecule has 0 heterocycles. The third kappa shape index (κ3) is 3.74. The fourth-order valence-electron chi connectivity index (χ4n) is 1.40. The maximum Gasteiger partial charge on any atom is 0.276 e. The molecule has 7 heteroatoms. The Kier molecular flexibility index (Phi) is 5.51. The van der Waals surface area contributed by atoms with Gasteiger partial charge in [-0.05, 0) is 18.6 Å². The van der Waals surface area contributed by atoms with Crippen molar-refractivity contribution < 1.29 is 15.1 Å². The van der Waals surface area contributed by atoms with Gasteiger partial charge in [-0.3, -0.25) is 10.1 Å². The lowest BCUT2D eigenvalue weighted by molar-refractivity contribution is -0.386. The van der Waals surface area contributed by atoms with E-state index in [-0.39, 0.29) is 11.3 Å². The standard InChI is InChI=1S/C10H11Br2NO4/c11-4-3-9(14)10(15)7-2-1-6(12)5-8(7)13(16)17/h1-2,5,9-10,14-15H,3-4H2. The summed E-state index contributed by atoms with van der Waals surface area (Å²) in [6.07, 6.45) is -1.98. The Bertz CT molecular complexity index is 413. The fraction of sp³-hybridized carbons (Fsp3) is 0.400. The lowest BCUT2D eigenvalue weighted by Crippen LogP contribution is -2.19. The zero-order chi connectivity index (χ0) is 13.0. The number of benzene rings is 1. The van der Waals surface area contributed by atoms with Crippen molar-refractivity contribution in [2.24, 2.45) is 0 Å². The van der Waals surface area contributed by atoms with E-state index in [0.29, 0.717) is 16.2 Å². The molecule has 0 saturated carbocycles. The number of aliphatic hydroxyl groups excluding tert-OH is 2. The van der Waals surface area contributed by atoms with Crippen LogP contribution in [-0.4, -0.2) is 26.6 Å². The first kappa shape index (κ1) is 14.6. The molecule has 0 aliphatic heterocycles. The van der Waals surface area contributed by atoms with Crippen molar-refractivity contribution >= 4 is 37.5 Å². The van der Waals surface area contributed by atoms with Gasteiger partial charge in [-0.1, -0.05) is 31.9 Å². The van der Waals surface area contributed by atoms with Gasteiger partial charge in [0.05, 0.1) is 16.6 Å². The molecule has 0 aliphatic carbocycles. The number of rotatable bonds is 5. The van der Waals surface area contributed by atoms with E-state index in [2.05, 4.69) is 31.9 Å². The summed E-state index contributed by atoms with van der Waals surface area (Å²) in [6.45, 7) is 0. The maximum atomic E-state index is 10.8. The monoisotopic (exact) mass is 367 g/mol. The molecule has 1 aromatic rings. The van der Waals surface area contributed by atoms with Crippen molar-refractivity contribution in [3.8, 4) is 0 Å². The lowest BCUT2D eigenvalue weighted by Gasteiger charge is -2.17. The molecule has 0 aromatic heterocycles. The van der Waals surface area contributed by atoms with Crippen LogP contribution in [0.1, 0.15) is 18.1 Å². The molecule has 0 fully saturated rings. The van der Waals surface area contributed by atoms with Crippen LogP contribution in [0.25, 0.3) is 0 Å². The Morgan fingerprint density at radius 2 is 2.06 bits per heavy atom. The Morgan fingerprint density at radius 3 is 2.59 bits per heavy atom. The normalized spacial score (nSPS) is 14.4. The van der Waals surface area contributed by atoms with Crippen LogP contribution in [0.4, 0.5) is 5.69 Å². The molecule has 94 valence electrons. The average molecular weight is 369 g/mol. The highest BCUT2D eigenvalue weighted by atomic mass is 79.9. The highest BCUT2D eigenvalue weighted by molar-refractivity contribution is 9.10. The van der Waals surface area contributed by atoms with Gasteiger partial charge >= 0.3 is 0 Å². The van der Waals surface area contributed by atoms with E-state index in [0.717, 1.165) is 0 Å². The first-order chi connectivity index (χ1) is 7.97. The predicted molar refractivity (Wildman–Crippen MR) is 70.2 cm³/mol. The number of alkyl halides is 1. The zero-order valence-electron chi connectivity index (χ0n) is 8.72. The van der Waals surface area contributed by atoms with Crippen LogP contribution in [0, 0.1) is 10.1 Å². The van der Waals surface area contributed by atoms with Gasteiger partial charge in [-0.15, -0.1) is 0 Å². The van der Waals surface area contributed by atoms with Crippen molar-refractivity contribution in [2.75, 3.05) is 5.33 Å². The molecule has 2 N–H and O–H groups in total. The van der Waals surface area contributed by atoms with Crippen molar-refractivity contribution in [2.45, 2.75) is 18.6 Å². The highest BCUT2D eigenvalue weighted by Gasteiger charge is 2.25. The van der Waals surface area contributed by atoms with E-state index in [9.17, 15) is 20.3 Å². The van der Waals surface area contributed by atoms with Gasteiger partial charge in [0.25, 0.3) is 5.69 Å². The summed E-state index contributed by atoms with van der Waals surface area (Å²) in [7, 11) is 0. The number of nitrogens with zero attached hydrogens (tertiary/aromatic N) is 1. The average Bonchev–Trinajstić information content (AvgIpc) is 2.28. The second kappa shape index (κ2) is 6.44. The van der Waals surface area contributed by atoms with E-state index in [4.69, 9.17) is 0 Å². The molecular weight excluding hydrogens is 358 g/mol. The number of aliphatic hydroxyl groups is 2. The Labute approximate surface area is 115 Å². The molecule has 1 rings (SSSR count). The third-order valence-electron chi connectivity index (χ3n) is 2.28. The molecule has 0 amide bonds.